The highest BCUT2D eigenvalue weighted by Gasteiger charge is 2.15. The van der Waals surface area contributed by atoms with Crippen molar-refractivity contribution in [3.63, 3.8) is 0 Å². The van der Waals surface area contributed by atoms with Gasteiger partial charge in [0.15, 0.2) is 0 Å². The molecule has 1 heterocycles. The predicted molar refractivity (Wildman–Crippen MR) is 61.6 cm³/mol. The van der Waals surface area contributed by atoms with Crippen LogP contribution >= 0.6 is 0 Å². The molecule has 1 unspecified atom stereocenters. The van der Waals surface area contributed by atoms with Crippen molar-refractivity contribution in [3.8, 4) is 0 Å². The Labute approximate surface area is 98.8 Å². The molecule has 7 nitrogen and oxygen atoms in total. The summed E-state index contributed by atoms with van der Waals surface area (Å²) in [5, 5.41) is 18.1. The molecule has 0 aliphatic rings. The maximum atomic E-state index is 11.1. The van der Waals surface area contributed by atoms with Crippen LogP contribution in [-0.2, 0) is 16.1 Å². The molecule has 17 heavy (non-hydrogen) atoms. The van der Waals surface area contributed by atoms with Crippen LogP contribution in [0.4, 0.5) is 5.69 Å². The molecule has 0 saturated heterocycles. The number of carboxylic acids is 1. The summed E-state index contributed by atoms with van der Waals surface area (Å²) in [5.41, 5.74) is 0.586. The van der Waals surface area contributed by atoms with Gasteiger partial charge in [0.2, 0.25) is 5.91 Å². The Balaban J connectivity index is 2.61. The quantitative estimate of drug-likeness (QED) is 0.645. The van der Waals surface area contributed by atoms with Gasteiger partial charge in [-0.1, -0.05) is 6.92 Å². The van der Waals surface area contributed by atoms with Crippen LogP contribution in [0.25, 0.3) is 0 Å². The van der Waals surface area contributed by atoms with Crippen molar-refractivity contribution >= 4 is 17.6 Å². The second-order valence-electron chi connectivity index (χ2n) is 3.54. The molecule has 1 aromatic heterocycles. The lowest BCUT2D eigenvalue weighted by molar-refractivity contribution is -0.138. The number of hydrogen-bond donors (Lipinski definition) is 3. The lowest BCUT2D eigenvalue weighted by atomic mass is 10.2. The zero-order valence-corrected chi connectivity index (χ0v) is 9.80. The van der Waals surface area contributed by atoms with E-state index in [9.17, 15) is 9.59 Å². The molecule has 0 aliphatic heterocycles. The van der Waals surface area contributed by atoms with Gasteiger partial charge in [-0.15, -0.1) is 0 Å². The molecule has 0 spiro atoms. The van der Waals surface area contributed by atoms with E-state index in [1.54, 1.807) is 20.2 Å². The van der Waals surface area contributed by atoms with Gasteiger partial charge in [0.1, 0.15) is 12.6 Å². The third-order valence-corrected chi connectivity index (χ3v) is 2.26. The van der Waals surface area contributed by atoms with Gasteiger partial charge in [-0.2, -0.15) is 5.10 Å². The molecule has 1 aromatic rings. The number of likely N-dealkylation sites (N-methyl/N-ethyl adjacent to an activating group) is 1. The van der Waals surface area contributed by atoms with Gasteiger partial charge >= 0.3 is 5.97 Å². The monoisotopic (exact) mass is 240 g/mol. The Hall–Kier alpha value is -2.05. The normalized spacial score (nSPS) is 11.9. The smallest absolute Gasteiger partial charge is 0.326 e. The van der Waals surface area contributed by atoms with Gasteiger partial charge in [0.25, 0.3) is 0 Å². The van der Waals surface area contributed by atoms with Crippen molar-refractivity contribution in [2.75, 3.05) is 12.4 Å². The molecule has 1 rings (SSSR count). The van der Waals surface area contributed by atoms with Crippen molar-refractivity contribution in [3.05, 3.63) is 12.4 Å². The van der Waals surface area contributed by atoms with Crippen LogP contribution in [0.1, 0.15) is 13.3 Å². The van der Waals surface area contributed by atoms with E-state index >= 15 is 0 Å². The average molecular weight is 240 g/mol. The number of nitrogens with one attached hydrogen (secondary N) is 2. The lowest BCUT2D eigenvalue weighted by Gasteiger charge is -2.10. The number of hydrogen-bond acceptors (Lipinski definition) is 4. The summed E-state index contributed by atoms with van der Waals surface area (Å²) in [6, 6.07) is -0.646. The Kier molecular flexibility index (Phi) is 4.50. The number of carboxylic acid groups (broad SMARTS) is 1. The van der Waals surface area contributed by atoms with Gasteiger partial charge in [-0.3, -0.25) is 9.48 Å². The highest BCUT2D eigenvalue weighted by molar-refractivity contribution is 5.77. The molecule has 1 amide bonds. The van der Waals surface area contributed by atoms with E-state index < -0.39 is 12.0 Å². The van der Waals surface area contributed by atoms with Crippen molar-refractivity contribution in [1.29, 1.82) is 0 Å². The standard InChI is InChI=1S/C10H16N4O3/c1-3-8(10(16)17)13-7-4-12-14(5-7)6-9(15)11-2/h4-5,8,13H,3,6H2,1-2H3,(H,11,15)(H,16,17). The summed E-state index contributed by atoms with van der Waals surface area (Å²) in [6.45, 7) is 1.89. The predicted octanol–water partition coefficient (Wildman–Crippen LogP) is -0.0958. The molecular weight excluding hydrogens is 224 g/mol. The third-order valence-electron chi connectivity index (χ3n) is 2.26. The minimum Gasteiger partial charge on any atom is -0.480 e. The van der Waals surface area contributed by atoms with E-state index in [2.05, 4.69) is 15.7 Å². The van der Waals surface area contributed by atoms with Gasteiger partial charge < -0.3 is 15.7 Å². The van der Waals surface area contributed by atoms with E-state index in [1.165, 1.54) is 10.9 Å². The highest BCUT2D eigenvalue weighted by Crippen LogP contribution is 2.08. The second-order valence-corrected chi connectivity index (χ2v) is 3.54. The fraction of sp³-hybridized carbons (Fsp3) is 0.500. The average Bonchev–Trinajstić information content (AvgIpc) is 2.72. The second kappa shape index (κ2) is 5.88. The van der Waals surface area contributed by atoms with Gasteiger partial charge in [0, 0.05) is 13.2 Å². The minimum atomic E-state index is -0.911. The summed E-state index contributed by atoms with van der Waals surface area (Å²) in [7, 11) is 1.54. The first-order valence-electron chi connectivity index (χ1n) is 5.29. The summed E-state index contributed by atoms with van der Waals surface area (Å²) in [6.07, 6.45) is 3.56. The summed E-state index contributed by atoms with van der Waals surface area (Å²) < 4.78 is 1.44. The summed E-state index contributed by atoms with van der Waals surface area (Å²) in [5.74, 6) is -1.07. The van der Waals surface area contributed by atoms with Crippen molar-refractivity contribution in [2.24, 2.45) is 0 Å². The fourth-order valence-electron chi connectivity index (χ4n) is 1.29. The van der Waals surface area contributed by atoms with Gasteiger partial charge in [-0.05, 0) is 6.42 Å². The van der Waals surface area contributed by atoms with Crippen LogP contribution in [-0.4, -0.2) is 39.9 Å². The number of anilines is 1. The maximum Gasteiger partial charge on any atom is 0.326 e. The zero-order chi connectivity index (χ0) is 12.8. The highest BCUT2D eigenvalue weighted by atomic mass is 16.4. The van der Waals surface area contributed by atoms with Crippen LogP contribution in [0.5, 0.6) is 0 Å². The first-order chi connectivity index (χ1) is 8.06. The Bertz CT molecular complexity index is 402. The molecule has 0 aliphatic carbocycles. The van der Waals surface area contributed by atoms with E-state index in [0.717, 1.165) is 0 Å². The van der Waals surface area contributed by atoms with Crippen molar-refractivity contribution in [2.45, 2.75) is 25.9 Å². The summed E-state index contributed by atoms with van der Waals surface area (Å²) in [4.78, 5) is 21.9. The lowest BCUT2D eigenvalue weighted by Crippen LogP contribution is -2.28. The molecule has 7 heteroatoms. The molecule has 1 atom stereocenters. The van der Waals surface area contributed by atoms with E-state index in [-0.39, 0.29) is 12.5 Å². The van der Waals surface area contributed by atoms with E-state index in [4.69, 9.17) is 5.11 Å². The van der Waals surface area contributed by atoms with Gasteiger partial charge in [-0.25, -0.2) is 4.79 Å². The molecule has 0 fully saturated rings. The molecular formula is C10H16N4O3. The Morgan fingerprint density at radius 2 is 2.29 bits per heavy atom. The van der Waals surface area contributed by atoms with E-state index in [1.807, 2.05) is 0 Å². The largest absolute Gasteiger partial charge is 0.480 e. The maximum absolute atomic E-state index is 11.1. The minimum absolute atomic E-state index is 0.113. The van der Waals surface area contributed by atoms with Crippen molar-refractivity contribution < 1.29 is 14.7 Å². The molecule has 3 N–H and O–H groups in total. The first-order valence-corrected chi connectivity index (χ1v) is 5.29. The summed E-state index contributed by atoms with van der Waals surface area (Å²) >= 11 is 0. The Morgan fingerprint density at radius 3 is 2.82 bits per heavy atom. The number of rotatable bonds is 6. The molecule has 94 valence electrons. The Morgan fingerprint density at radius 1 is 1.59 bits per heavy atom. The van der Waals surface area contributed by atoms with Crippen LogP contribution in [0.2, 0.25) is 0 Å². The molecule has 0 bridgehead atoms. The van der Waals surface area contributed by atoms with Crippen LogP contribution in [0.15, 0.2) is 12.4 Å². The molecule has 0 radical (unpaired) electrons. The first kappa shape index (κ1) is 13.0. The number of carbonyl (C=O) groups is 2. The van der Waals surface area contributed by atoms with Gasteiger partial charge in [0.05, 0.1) is 11.9 Å². The van der Waals surface area contributed by atoms with E-state index in [0.29, 0.717) is 12.1 Å². The topological polar surface area (TPSA) is 96.3 Å². The molecule has 0 saturated carbocycles. The van der Waals surface area contributed by atoms with Crippen LogP contribution < -0.4 is 10.6 Å². The molecule has 0 aromatic carbocycles. The number of aromatic nitrogens is 2. The van der Waals surface area contributed by atoms with Crippen LogP contribution in [0.3, 0.4) is 0 Å². The number of nitrogens with zero attached hydrogens (tertiary/aromatic N) is 2. The number of amides is 1. The number of carbonyl (C=O) groups excluding carboxylic acids is 1. The number of aliphatic carboxylic acids is 1. The van der Waals surface area contributed by atoms with Crippen LogP contribution in [0, 0.1) is 0 Å². The SMILES string of the molecule is CCC(Nc1cnn(CC(=O)NC)c1)C(=O)O. The fourth-order valence-corrected chi connectivity index (χ4v) is 1.29. The zero-order valence-electron chi connectivity index (χ0n) is 9.80. The van der Waals surface area contributed by atoms with Crippen molar-refractivity contribution in [1.82, 2.24) is 15.1 Å². The third kappa shape index (κ3) is 3.78.